The Bertz CT molecular complexity index is 656. The Labute approximate surface area is 119 Å². The lowest BCUT2D eigenvalue weighted by molar-refractivity contribution is 0.0690. The predicted molar refractivity (Wildman–Crippen MR) is 80.3 cm³/mol. The number of aromatic carboxylic acids is 1. The lowest BCUT2D eigenvalue weighted by Crippen LogP contribution is -2.02. The highest BCUT2D eigenvalue weighted by molar-refractivity contribution is 5.86. The maximum atomic E-state index is 10.9. The molecule has 2 rings (SSSR count). The molecule has 0 aliphatic rings. The molecule has 0 radical (unpaired) electrons. The third-order valence-corrected chi connectivity index (χ3v) is 4.27. The molecule has 0 unspecified atom stereocenters. The Kier molecular flexibility index (Phi) is 3.62. The molecule has 3 nitrogen and oxygen atoms in total. The van der Waals surface area contributed by atoms with Crippen molar-refractivity contribution in [3.8, 4) is 11.1 Å². The van der Waals surface area contributed by atoms with Crippen molar-refractivity contribution >= 4 is 5.97 Å². The topological polar surface area (TPSA) is 50.2 Å². The van der Waals surface area contributed by atoms with Crippen LogP contribution in [-0.4, -0.2) is 16.1 Å². The molecule has 0 aliphatic carbocycles. The monoisotopic (exact) mass is 269 g/mol. The van der Waals surface area contributed by atoms with Gasteiger partial charge in [0.2, 0.25) is 0 Å². The summed E-state index contributed by atoms with van der Waals surface area (Å²) in [4.78, 5) is 14.9. The molecule has 1 heterocycles. The van der Waals surface area contributed by atoms with Crippen LogP contribution in [0.1, 0.15) is 38.3 Å². The summed E-state index contributed by atoms with van der Waals surface area (Å²) in [6.45, 7) is 10.6. The largest absolute Gasteiger partial charge is 0.477 e. The average Bonchev–Trinajstić information content (AvgIpc) is 2.44. The highest BCUT2D eigenvalue weighted by Gasteiger charge is 2.14. The van der Waals surface area contributed by atoms with Gasteiger partial charge in [0.05, 0.1) is 0 Å². The van der Waals surface area contributed by atoms with Gasteiger partial charge in [0.15, 0.2) is 0 Å². The summed E-state index contributed by atoms with van der Waals surface area (Å²) in [5.41, 5.74) is 8.55. The van der Waals surface area contributed by atoms with Gasteiger partial charge in [-0.05, 0) is 74.1 Å². The molecule has 104 valence electrons. The molecule has 1 N–H and O–H groups in total. The maximum absolute atomic E-state index is 10.9. The molecule has 0 atom stereocenters. The van der Waals surface area contributed by atoms with Gasteiger partial charge in [0.1, 0.15) is 5.69 Å². The Morgan fingerprint density at radius 1 is 0.900 bits per heavy atom. The van der Waals surface area contributed by atoms with E-state index in [1.165, 1.54) is 27.8 Å². The molecular formula is C17H19NO2. The predicted octanol–water partition coefficient (Wildman–Crippen LogP) is 3.99. The third-order valence-electron chi connectivity index (χ3n) is 4.27. The number of benzene rings is 1. The minimum absolute atomic E-state index is 0.0737. The standard InChI is InChI=1S/C17H19NO2/c1-9-10(2)12(4)16(13(5)11(9)3)14-6-7-15(17(19)20)18-8-14/h6-8H,1-5H3,(H,19,20). The minimum atomic E-state index is -0.999. The molecule has 0 fully saturated rings. The fraction of sp³-hybridized carbons (Fsp3) is 0.294. The van der Waals surface area contributed by atoms with E-state index in [9.17, 15) is 4.79 Å². The zero-order chi connectivity index (χ0) is 15.0. The molecule has 0 saturated heterocycles. The van der Waals surface area contributed by atoms with Crippen LogP contribution in [0.4, 0.5) is 0 Å². The van der Waals surface area contributed by atoms with Crippen molar-refractivity contribution in [2.45, 2.75) is 34.6 Å². The number of hydrogen-bond acceptors (Lipinski definition) is 2. The Morgan fingerprint density at radius 2 is 1.40 bits per heavy atom. The first kappa shape index (κ1) is 14.3. The molecule has 0 amide bonds. The lowest BCUT2D eigenvalue weighted by Gasteiger charge is -2.18. The van der Waals surface area contributed by atoms with Crippen LogP contribution in [0.15, 0.2) is 18.3 Å². The second-order valence-corrected chi connectivity index (χ2v) is 5.24. The van der Waals surface area contributed by atoms with Gasteiger partial charge in [-0.3, -0.25) is 0 Å². The van der Waals surface area contributed by atoms with Gasteiger partial charge in [-0.15, -0.1) is 0 Å². The quantitative estimate of drug-likeness (QED) is 0.896. The number of rotatable bonds is 2. The lowest BCUT2D eigenvalue weighted by atomic mass is 9.87. The molecule has 20 heavy (non-hydrogen) atoms. The molecule has 0 aliphatic heterocycles. The van der Waals surface area contributed by atoms with Gasteiger partial charge >= 0.3 is 5.97 Å². The molecule has 1 aromatic heterocycles. The van der Waals surface area contributed by atoms with Crippen molar-refractivity contribution in [2.24, 2.45) is 0 Å². The van der Waals surface area contributed by atoms with Crippen molar-refractivity contribution < 1.29 is 9.90 Å². The number of carboxylic acid groups (broad SMARTS) is 1. The molecule has 0 saturated carbocycles. The summed E-state index contributed by atoms with van der Waals surface area (Å²) in [5.74, 6) is -0.999. The first-order valence-electron chi connectivity index (χ1n) is 6.61. The fourth-order valence-corrected chi connectivity index (χ4v) is 2.60. The van der Waals surface area contributed by atoms with E-state index in [0.717, 1.165) is 11.1 Å². The van der Waals surface area contributed by atoms with E-state index in [-0.39, 0.29) is 5.69 Å². The van der Waals surface area contributed by atoms with Crippen LogP contribution in [0.25, 0.3) is 11.1 Å². The number of carboxylic acids is 1. The number of nitrogens with zero attached hydrogens (tertiary/aromatic N) is 1. The zero-order valence-corrected chi connectivity index (χ0v) is 12.5. The smallest absolute Gasteiger partial charge is 0.354 e. The normalized spacial score (nSPS) is 10.7. The van der Waals surface area contributed by atoms with Crippen LogP contribution in [0.3, 0.4) is 0 Å². The van der Waals surface area contributed by atoms with Crippen LogP contribution in [-0.2, 0) is 0 Å². The van der Waals surface area contributed by atoms with E-state index >= 15 is 0 Å². The molecule has 0 spiro atoms. The summed E-state index contributed by atoms with van der Waals surface area (Å²) in [5, 5.41) is 8.92. The second-order valence-electron chi connectivity index (χ2n) is 5.24. The van der Waals surface area contributed by atoms with Gasteiger partial charge in [-0.1, -0.05) is 6.07 Å². The van der Waals surface area contributed by atoms with E-state index in [1.54, 1.807) is 12.3 Å². The van der Waals surface area contributed by atoms with Gasteiger partial charge in [0.25, 0.3) is 0 Å². The summed E-state index contributed by atoms with van der Waals surface area (Å²) >= 11 is 0. The zero-order valence-electron chi connectivity index (χ0n) is 12.5. The first-order valence-corrected chi connectivity index (χ1v) is 6.61. The number of aromatic nitrogens is 1. The van der Waals surface area contributed by atoms with Crippen molar-refractivity contribution in [1.29, 1.82) is 0 Å². The van der Waals surface area contributed by atoms with Crippen molar-refractivity contribution in [3.05, 3.63) is 51.8 Å². The van der Waals surface area contributed by atoms with Crippen LogP contribution >= 0.6 is 0 Å². The Balaban J connectivity index is 2.67. The summed E-state index contributed by atoms with van der Waals surface area (Å²) < 4.78 is 0. The Hall–Kier alpha value is -2.16. The Morgan fingerprint density at radius 3 is 1.80 bits per heavy atom. The van der Waals surface area contributed by atoms with E-state index in [2.05, 4.69) is 39.6 Å². The summed E-state index contributed by atoms with van der Waals surface area (Å²) in [6, 6.07) is 3.39. The highest BCUT2D eigenvalue weighted by Crippen LogP contribution is 2.33. The van der Waals surface area contributed by atoms with Crippen LogP contribution in [0.5, 0.6) is 0 Å². The maximum Gasteiger partial charge on any atom is 0.354 e. The van der Waals surface area contributed by atoms with E-state index in [0.29, 0.717) is 0 Å². The highest BCUT2D eigenvalue weighted by atomic mass is 16.4. The molecule has 0 bridgehead atoms. The van der Waals surface area contributed by atoms with Crippen molar-refractivity contribution in [2.75, 3.05) is 0 Å². The second kappa shape index (κ2) is 5.08. The summed E-state index contributed by atoms with van der Waals surface area (Å²) in [7, 11) is 0. The molecule has 3 heteroatoms. The van der Waals surface area contributed by atoms with Gasteiger partial charge in [-0.2, -0.15) is 0 Å². The summed E-state index contributed by atoms with van der Waals surface area (Å²) in [6.07, 6.45) is 1.65. The van der Waals surface area contributed by atoms with Crippen molar-refractivity contribution in [1.82, 2.24) is 4.98 Å². The number of carbonyl (C=O) groups is 1. The molecule has 1 aromatic carbocycles. The average molecular weight is 269 g/mol. The van der Waals surface area contributed by atoms with Gasteiger partial charge in [0, 0.05) is 11.8 Å². The first-order chi connectivity index (χ1) is 9.34. The van der Waals surface area contributed by atoms with Crippen molar-refractivity contribution in [3.63, 3.8) is 0 Å². The van der Waals surface area contributed by atoms with Crippen LogP contribution in [0.2, 0.25) is 0 Å². The van der Waals surface area contributed by atoms with E-state index in [1.807, 2.05) is 6.07 Å². The number of pyridine rings is 1. The third kappa shape index (κ3) is 2.20. The minimum Gasteiger partial charge on any atom is -0.477 e. The van der Waals surface area contributed by atoms with Gasteiger partial charge in [-0.25, -0.2) is 9.78 Å². The molecule has 2 aromatic rings. The fourth-order valence-electron chi connectivity index (χ4n) is 2.60. The number of hydrogen-bond donors (Lipinski definition) is 1. The van der Waals surface area contributed by atoms with E-state index < -0.39 is 5.97 Å². The van der Waals surface area contributed by atoms with Crippen LogP contribution in [0, 0.1) is 34.6 Å². The van der Waals surface area contributed by atoms with Gasteiger partial charge < -0.3 is 5.11 Å². The van der Waals surface area contributed by atoms with Crippen LogP contribution < -0.4 is 0 Å². The molecular weight excluding hydrogens is 250 g/mol. The SMILES string of the molecule is Cc1c(C)c(C)c(-c2ccc(C(=O)O)nc2)c(C)c1C. The van der Waals surface area contributed by atoms with E-state index in [4.69, 9.17) is 5.11 Å².